The average Bonchev–Trinajstić information content (AvgIpc) is 3.44. The fourth-order valence-electron chi connectivity index (χ4n) is 11.6. The van der Waals surface area contributed by atoms with Gasteiger partial charge in [0.2, 0.25) is 0 Å². The van der Waals surface area contributed by atoms with Crippen LogP contribution >= 0.6 is 0 Å². The molecule has 0 atom stereocenters. The molecule has 0 radical (unpaired) electrons. The van der Waals surface area contributed by atoms with E-state index in [4.69, 9.17) is 0 Å². The van der Waals surface area contributed by atoms with E-state index in [9.17, 15) is 0 Å². The van der Waals surface area contributed by atoms with Crippen LogP contribution in [0, 0.1) is 0 Å². The molecule has 0 aliphatic heterocycles. The lowest BCUT2D eigenvalue weighted by molar-refractivity contribution is 1.30. The molecule has 0 saturated carbocycles. The minimum atomic E-state index is 1.11. The van der Waals surface area contributed by atoms with Crippen LogP contribution in [0.5, 0.6) is 0 Å². The Bertz CT molecular complexity index is 4330. The predicted molar refractivity (Wildman–Crippen MR) is 305 cm³/mol. The summed E-state index contributed by atoms with van der Waals surface area (Å²) in [6.07, 6.45) is 0. The molecule has 1 nitrogen and oxygen atoms in total. The van der Waals surface area contributed by atoms with E-state index < -0.39 is 0 Å². The summed E-state index contributed by atoms with van der Waals surface area (Å²) in [5.74, 6) is 0. The highest BCUT2D eigenvalue weighted by molar-refractivity contribution is 6.25. The lowest BCUT2D eigenvalue weighted by Crippen LogP contribution is -2.10. The monoisotopic (exact) mass is 899 g/mol. The van der Waals surface area contributed by atoms with E-state index in [1.807, 2.05) is 0 Å². The maximum absolute atomic E-state index is 2.49. The van der Waals surface area contributed by atoms with E-state index in [1.54, 1.807) is 0 Å². The second-order valence-corrected chi connectivity index (χ2v) is 18.7. The van der Waals surface area contributed by atoms with Crippen molar-refractivity contribution < 1.29 is 0 Å². The first-order chi connectivity index (χ1) is 35.2. The zero-order valence-corrected chi connectivity index (χ0v) is 38.9. The molecule has 0 unspecified atom stereocenters. The molecule has 0 bridgehead atoms. The topological polar surface area (TPSA) is 3.24 Å². The second kappa shape index (κ2) is 16.7. The molecule has 71 heavy (non-hydrogen) atoms. The van der Waals surface area contributed by atoms with Crippen LogP contribution in [0.25, 0.3) is 120 Å². The number of fused-ring (bicyclic) bond motifs is 7. The van der Waals surface area contributed by atoms with Crippen LogP contribution < -0.4 is 4.90 Å². The molecular weight excluding hydrogens is 855 g/mol. The lowest BCUT2D eigenvalue weighted by atomic mass is 9.82. The molecule has 1 heteroatoms. The smallest absolute Gasteiger partial charge is 0.0540 e. The zero-order chi connectivity index (χ0) is 46.8. The summed E-state index contributed by atoms with van der Waals surface area (Å²) in [4.78, 5) is 2.38. The summed E-state index contributed by atoms with van der Waals surface area (Å²) in [6, 6.07) is 101. The van der Waals surface area contributed by atoms with Crippen molar-refractivity contribution in [3.8, 4) is 44.5 Å². The molecular formula is C70H45N. The molecule has 14 aromatic rings. The van der Waals surface area contributed by atoms with Gasteiger partial charge in [-0.3, -0.25) is 0 Å². The Balaban J connectivity index is 0.993. The summed E-state index contributed by atoms with van der Waals surface area (Å²) >= 11 is 0. The van der Waals surface area contributed by atoms with Crippen LogP contribution in [-0.4, -0.2) is 0 Å². The van der Waals surface area contributed by atoms with E-state index >= 15 is 0 Å². The quantitative estimate of drug-likeness (QED) is 0.144. The standard InChI is InChI=1S/C70H45N/c1-2-23-55(24-3-1)71(66-32-16-22-48-19-8-9-25-57(48)66)56-40-37-49(38-41-56)67-58-26-10-12-28-60(58)69(61-29-13-11-27-59(61)67)54-39-42-64-65(45-54)70(53-36-34-47-18-5-7-21-51(47)44-53)63-31-15-14-30-62(63)68(64)52-35-33-46-17-4-6-20-50(46)43-52/h1-45H. The molecule has 0 heterocycles. The number of hydrogen-bond donors (Lipinski definition) is 0. The van der Waals surface area contributed by atoms with Gasteiger partial charge in [0, 0.05) is 16.8 Å². The highest BCUT2D eigenvalue weighted by atomic mass is 15.1. The van der Waals surface area contributed by atoms with Gasteiger partial charge in [-0.1, -0.05) is 224 Å². The van der Waals surface area contributed by atoms with Crippen LogP contribution in [-0.2, 0) is 0 Å². The molecule has 0 aromatic heterocycles. The van der Waals surface area contributed by atoms with Gasteiger partial charge in [-0.05, 0) is 163 Å². The summed E-state index contributed by atoms with van der Waals surface area (Å²) in [5.41, 5.74) is 13.2. The Morgan fingerprint density at radius 2 is 0.535 bits per heavy atom. The van der Waals surface area contributed by atoms with Gasteiger partial charge in [0.25, 0.3) is 0 Å². The van der Waals surface area contributed by atoms with Crippen molar-refractivity contribution in [3.05, 3.63) is 273 Å². The van der Waals surface area contributed by atoms with Crippen LogP contribution in [0.2, 0.25) is 0 Å². The van der Waals surface area contributed by atoms with Gasteiger partial charge in [-0.25, -0.2) is 0 Å². The molecule has 0 saturated heterocycles. The molecule has 14 rings (SSSR count). The van der Waals surface area contributed by atoms with Crippen LogP contribution in [0.3, 0.4) is 0 Å². The molecule has 0 amide bonds. The van der Waals surface area contributed by atoms with Crippen LogP contribution in [0.15, 0.2) is 273 Å². The Kier molecular flexibility index (Phi) is 9.60. The first kappa shape index (κ1) is 40.7. The fourth-order valence-corrected chi connectivity index (χ4v) is 11.6. The molecule has 14 aromatic carbocycles. The third kappa shape index (κ3) is 6.78. The molecule has 0 aliphatic carbocycles. The molecule has 0 spiro atoms. The summed E-state index contributed by atoms with van der Waals surface area (Å²) in [7, 11) is 0. The third-order valence-electron chi connectivity index (χ3n) is 14.8. The van der Waals surface area contributed by atoms with Gasteiger partial charge in [-0.15, -0.1) is 0 Å². The Labute approximate surface area is 412 Å². The van der Waals surface area contributed by atoms with Gasteiger partial charge >= 0.3 is 0 Å². The number of para-hydroxylation sites is 1. The SMILES string of the molecule is c1ccc(N(c2ccc(-c3c4ccccc4c(-c4ccc5c(-c6ccc7ccccc7c6)c6ccccc6c(-c6ccc7ccccc7c6)c5c4)c4ccccc34)cc2)c2cccc3ccccc23)cc1. The van der Waals surface area contributed by atoms with Crippen molar-refractivity contribution in [2.45, 2.75) is 0 Å². The van der Waals surface area contributed by atoms with Crippen molar-refractivity contribution >= 4 is 92.5 Å². The van der Waals surface area contributed by atoms with Gasteiger partial charge in [0.05, 0.1) is 5.69 Å². The average molecular weight is 900 g/mol. The minimum absolute atomic E-state index is 1.11. The summed E-state index contributed by atoms with van der Waals surface area (Å²) in [6.45, 7) is 0. The highest BCUT2D eigenvalue weighted by Gasteiger charge is 2.22. The number of nitrogens with zero attached hydrogens (tertiary/aromatic N) is 1. The zero-order valence-electron chi connectivity index (χ0n) is 38.9. The lowest BCUT2D eigenvalue weighted by Gasteiger charge is -2.27. The first-order valence-electron chi connectivity index (χ1n) is 24.6. The van der Waals surface area contributed by atoms with E-state index in [0.717, 1.165) is 17.1 Å². The Morgan fingerprint density at radius 1 is 0.183 bits per heavy atom. The molecule has 0 fully saturated rings. The van der Waals surface area contributed by atoms with Gasteiger partial charge in [0.15, 0.2) is 0 Å². The Morgan fingerprint density at radius 3 is 1.07 bits per heavy atom. The maximum atomic E-state index is 2.49. The summed E-state index contributed by atoms with van der Waals surface area (Å²) < 4.78 is 0. The minimum Gasteiger partial charge on any atom is -0.310 e. The number of benzene rings is 14. The normalized spacial score (nSPS) is 11.7. The van der Waals surface area contributed by atoms with Gasteiger partial charge < -0.3 is 4.90 Å². The summed E-state index contributed by atoms with van der Waals surface area (Å²) in [5, 5.41) is 17.3. The highest BCUT2D eigenvalue weighted by Crippen LogP contribution is 2.49. The van der Waals surface area contributed by atoms with Crippen LogP contribution in [0.1, 0.15) is 0 Å². The molecule has 0 N–H and O–H groups in total. The second-order valence-electron chi connectivity index (χ2n) is 18.7. The van der Waals surface area contributed by atoms with Crippen molar-refractivity contribution in [3.63, 3.8) is 0 Å². The van der Waals surface area contributed by atoms with Crippen molar-refractivity contribution in [1.29, 1.82) is 0 Å². The number of anilines is 3. The van der Waals surface area contributed by atoms with Gasteiger partial charge in [-0.2, -0.15) is 0 Å². The first-order valence-corrected chi connectivity index (χ1v) is 24.6. The maximum Gasteiger partial charge on any atom is 0.0540 e. The van der Waals surface area contributed by atoms with Crippen molar-refractivity contribution in [1.82, 2.24) is 0 Å². The van der Waals surface area contributed by atoms with E-state index in [2.05, 4.69) is 278 Å². The third-order valence-corrected chi connectivity index (χ3v) is 14.8. The largest absolute Gasteiger partial charge is 0.310 e. The molecule has 0 aliphatic rings. The van der Waals surface area contributed by atoms with Crippen molar-refractivity contribution in [2.75, 3.05) is 4.90 Å². The van der Waals surface area contributed by atoms with Crippen LogP contribution in [0.4, 0.5) is 17.1 Å². The number of rotatable bonds is 7. The fraction of sp³-hybridized carbons (Fsp3) is 0. The predicted octanol–water partition coefficient (Wildman–Crippen LogP) is 19.9. The Hall–Kier alpha value is -9.30. The van der Waals surface area contributed by atoms with E-state index in [1.165, 1.54) is 120 Å². The molecule has 330 valence electrons. The van der Waals surface area contributed by atoms with Gasteiger partial charge in [0.1, 0.15) is 0 Å². The van der Waals surface area contributed by atoms with E-state index in [0.29, 0.717) is 0 Å². The van der Waals surface area contributed by atoms with Crippen molar-refractivity contribution in [2.24, 2.45) is 0 Å². The van der Waals surface area contributed by atoms with E-state index in [-0.39, 0.29) is 0 Å². The number of hydrogen-bond acceptors (Lipinski definition) is 1.